The van der Waals surface area contributed by atoms with Crippen molar-refractivity contribution in [2.24, 2.45) is 7.05 Å². The molecular weight excluding hydrogens is 421 g/mol. The predicted octanol–water partition coefficient (Wildman–Crippen LogP) is 4.03. The van der Waals surface area contributed by atoms with Crippen LogP contribution >= 0.6 is 0 Å². The van der Waals surface area contributed by atoms with E-state index in [9.17, 15) is 13.2 Å². The van der Waals surface area contributed by atoms with Crippen molar-refractivity contribution in [2.75, 3.05) is 26.3 Å². The van der Waals surface area contributed by atoms with Crippen molar-refractivity contribution < 1.29 is 22.6 Å². The Morgan fingerprint density at radius 1 is 1.19 bits per heavy atom. The van der Waals surface area contributed by atoms with Crippen molar-refractivity contribution in [1.82, 2.24) is 19.7 Å². The summed E-state index contributed by atoms with van der Waals surface area (Å²) in [4.78, 5) is 6.50. The highest BCUT2D eigenvalue weighted by molar-refractivity contribution is 5.29. The molecular formula is C23H25F3N4O2. The van der Waals surface area contributed by atoms with E-state index in [4.69, 9.17) is 9.47 Å². The third kappa shape index (κ3) is 5.66. The molecule has 3 heterocycles. The summed E-state index contributed by atoms with van der Waals surface area (Å²) in [5.74, 6) is 0.405. The molecule has 4 rings (SSSR count). The maximum absolute atomic E-state index is 12.7. The minimum Gasteiger partial charge on any atom is -0.493 e. The molecule has 0 bridgehead atoms. The molecule has 0 amide bonds. The molecule has 1 aromatic carbocycles. The molecule has 1 aliphatic heterocycles. The van der Waals surface area contributed by atoms with Crippen LogP contribution in [0.25, 0.3) is 0 Å². The van der Waals surface area contributed by atoms with Crippen molar-refractivity contribution in [3.05, 3.63) is 77.4 Å². The Bertz CT molecular complexity index is 1010. The second-order valence-electron chi connectivity index (χ2n) is 7.76. The Labute approximate surface area is 184 Å². The summed E-state index contributed by atoms with van der Waals surface area (Å²) < 4.78 is 51.4. The van der Waals surface area contributed by atoms with Crippen LogP contribution in [0.15, 0.2) is 54.9 Å². The van der Waals surface area contributed by atoms with Gasteiger partial charge < -0.3 is 9.47 Å². The summed E-state index contributed by atoms with van der Waals surface area (Å²) in [5.41, 5.74) is 2.31. The maximum atomic E-state index is 12.7. The Morgan fingerprint density at radius 2 is 2.00 bits per heavy atom. The quantitative estimate of drug-likeness (QED) is 0.549. The van der Waals surface area contributed by atoms with Gasteiger partial charge in [-0.1, -0.05) is 6.07 Å². The molecule has 1 atom stereocenters. The molecule has 32 heavy (non-hydrogen) atoms. The van der Waals surface area contributed by atoms with Crippen LogP contribution in [-0.2, 0) is 30.9 Å². The molecule has 0 radical (unpaired) electrons. The van der Waals surface area contributed by atoms with Crippen LogP contribution in [-0.4, -0.2) is 46.0 Å². The number of hydrogen-bond acceptors (Lipinski definition) is 5. The third-order valence-corrected chi connectivity index (χ3v) is 5.41. The normalized spacial score (nSPS) is 17.4. The highest BCUT2D eigenvalue weighted by Crippen LogP contribution is 2.30. The Hall–Kier alpha value is -2.91. The number of nitrogens with zero attached hydrogens (tertiary/aromatic N) is 4. The first kappa shape index (κ1) is 22.3. The SMILES string of the molecule is Cn1nc([C@@H]2CN(Cc3cccnc3)CCO2)cc1CCOc1ccc(C(F)(F)F)cc1. The summed E-state index contributed by atoms with van der Waals surface area (Å²) in [6.07, 6.45) is -0.242. The molecule has 170 valence electrons. The second kappa shape index (κ2) is 9.70. The maximum Gasteiger partial charge on any atom is 0.416 e. The van der Waals surface area contributed by atoms with E-state index in [0.717, 1.165) is 48.7 Å². The zero-order chi connectivity index (χ0) is 22.6. The van der Waals surface area contributed by atoms with Crippen LogP contribution in [0.4, 0.5) is 13.2 Å². The number of halogens is 3. The number of hydrogen-bond donors (Lipinski definition) is 0. The van der Waals surface area contributed by atoms with E-state index in [2.05, 4.69) is 21.0 Å². The van der Waals surface area contributed by atoms with Crippen LogP contribution in [0, 0.1) is 0 Å². The van der Waals surface area contributed by atoms with Crippen molar-refractivity contribution in [3.63, 3.8) is 0 Å². The highest BCUT2D eigenvalue weighted by atomic mass is 19.4. The lowest BCUT2D eigenvalue weighted by atomic mass is 10.1. The molecule has 9 heteroatoms. The molecule has 0 N–H and O–H groups in total. The van der Waals surface area contributed by atoms with Crippen molar-refractivity contribution in [3.8, 4) is 5.75 Å². The van der Waals surface area contributed by atoms with Crippen LogP contribution in [0.3, 0.4) is 0 Å². The number of rotatable bonds is 7. The van der Waals surface area contributed by atoms with E-state index >= 15 is 0 Å². The first-order valence-electron chi connectivity index (χ1n) is 10.4. The molecule has 0 aliphatic carbocycles. The minimum atomic E-state index is -4.35. The van der Waals surface area contributed by atoms with Crippen LogP contribution in [0.1, 0.15) is 28.6 Å². The molecule has 0 unspecified atom stereocenters. The molecule has 2 aromatic heterocycles. The lowest BCUT2D eigenvalue weighted by Gasteiger charge is -2.32. The van der Waals surface area contributed by atoms with Gasteiger partial charge in [0.15, 0.2) is 0 Å². The largest absolute Gasteiger partial charge is 0.493 e. The van der Waals surface area contributed by atoms with E-state index in [1.165, 1.54) is 12.1 Å². The molecule has 0 spiro atoms. The van der Waals surface area contributed by atoms with Gasteiger partial charge in [0.25, 0.3) is 0 Å². The number of aryl methyl sites for hydroxylation is 1. The van der Waals surface area contributed by atoms with Crippen molar-refractivity contribution >= 4 is 0 Å². The van der Waals surface area contributed by atoms with Gasteiger partial charge in [0.05, 0.1) is 24.5 Å². The number of benzene rings is 1. The van der Waals surface area contributed by atoms with Crippen molar-refractivity contribution in [2.45, 2.75) is 25.2 Å². The number of pyridine rings is 1. The first-order valence-corrected chi connectivity index (χ1v) is 10.4. The summed E-state index contributed by atoms with van der Waals surface area (Å²) >= 11 is 0. The van der Waals surface area contributed by atoms with Gasteiger partial charge in [-0.05, 0) is 42.0 Å². The van der Waals surface area contributed by atoms with Gasteiger partial charge in [0.1, 0.15) is 11.9 Å². The van der Waals surface area contributed by atoms with Gasteiger partial charge in [-0.15, -0.1) is 0 Å². The minimum absolute atomic E-state index is 0.115. The fraction of sp³-hybridized carbons (Fsp3) is 0.391. The average Bonchev–Trinajstić information content (AvgIpc) is 3.15. The van der Waals surface area contributed by atoms with E-state index < -0.39 is 11.7 Å². The molecule has 0 saturated carbocycles. The Kier molecular flexibility index (Phi) is 6.76. The number of aromatic nitrogens is 3. The zero-order valence-corrected chi connectivity index (χ0v) is 17.8. The van der Waals surface area contributed by atoms with Crippen LogP contribution in [0.5, 0.6) is 5.75 Å². The fourth-order valence-corrected chi connectivity index (χ4v) is 3.71. The topological polar surface area (TPSA) is 52.4 Å². The van der Waals surface area contributed by atoms with Crippen LogP contribution < -0.4 is 4.74 Å². The van der Waals surface area contributed by atoms with Gasteiger partial charge in [0.2, 0.25) is 0 Å². The smallest absolute Gasteiger partial charge is 0.416 e. The molecule has 1 fully saturated rings. The lowest BCUT2D eigenvalue weighted by Crippen LogP contribution is -2.38. The van der Waals surface area contributed by atoms with Crippen molar-refractivity contribution in [1.29, 1.82) is 0 Å². The molecule has 6 nitrogen and oxygen atoms in total. The predicted molar refractivity (Wildman–Crippen MR) is 112 cm³/mol. The van der Waals surface area contributed by atoms with Gasteiger partial charge in [-0.2, -0.15) is 18.3 Å². The van der Waals surface area contributed by atoms with E-state index in [-0.39, 0.29) is 6.10 Å². The molecule has 1 aliphatic rings. The summed E-state index contributed by atoms with van der Waals surface area (Å²) in [6.45, 7) is 3.38. The standard InChI is InChI=1S/C23H25F3N4O2/c1-29-19(8-11-31-20-6-4-18(5-7-20)23(24,25)26)13-21(28-29)22-16-30(10-12-32-22)15-17-3-2-9-27-14-17/h2-7,9,13-14,22H,8,10-12,15-16H2,1H3/t22-/m0/s1. The van der Waals surface area contributed by atoms with Gasteiger partial charge in [-0.25, -0.2) is 0 Å². The Balaban J connectivity index is 1.31. The zero-order valence-electron chi connectivity index (χ0n) is 17.8. The van der Waals surface area contributed by atoms with Gasteiger partial charge in [-0.3, -0.25) is 14.6 Å². The Morgan fingerprint density at radius 3 is 2.72 bits per heavy atom. The summed E-state index contributed by atoms with van der Waals surface area (Å²) in [7, 11) is 1.87. The highest BCUT2D eigenvalue weighted by Gasteiger charge is 2.30. The molecule has 3 aromatic rings. The fourth-order valence-electron chi connectivity index (χ4n) is 3.71. The van der Waals surface area contributed by atoms with Gasteiger partial charge in [0, 0.05) is 51.2 Å². The molecule has 1 saturated heterocycles. The monoisotopic (exact) mass is 446 g/mol. The number of alkyl halides is 3. The number of ether oxygens (including phenoxy) is 2. The third-order valence-electron chi connectivity index (χ3n) is 5.41. The van der Waals surface area contributed by atoms with Crippen LogP contribution in [0.2, 0.25) is 0 Å². The van der Waals surface area contributed by atoms with Gasteiger partial charge >= 0.3 is 6.18 Å². The summed E-state index contributed by atoms with van der Waals surface area (Å²) in [6, 6.07) is 10.7. The van der Waals surface area contributed by atoms with E-state index in [1.54, 1.807) is 10.9 Å². The van der Waals surface area contributed by atoms with E-state index in [0.29, 0.717) is 25.4 Å². The average molecular weight is 446 g/mol. The summed E-state index contributed by atoms with van der Waals surface area (Å²) in [5, 5.41) is 4.61. The first-order chi connectivity index (χ1) is 15.4. The number of morpholine rings is 1. The van der Waals surface area contributed by atoms with E-state index in [1.807, 2.05) is 25.4 Å². The lowest BCUT2D eigenvalue weighted by molar-refractivity contribution is -0.137. The second-order valence-corrected chi connectivity index (χ2v) is 7.76.